The molecule has 19 heavy (non-hydrogen) atoms. The summed E-state index contributed by atoms with van der Waals surface area (Å²) in [5.41, 5.74) is 5.99. The van der Waals surface area contributed by atoms with Gasteiger partial charge in [0.2, 0.25) is 0 Å². The lowest BCUT2D eigenvalue weighted by molar-refractivity contribution is -0.153. The summed E-state index contributed by atoms with van der Waals surface area (Å²) < 4.78 is 11.7. The molecule has 2 atom stereocenters. The Morgan fingerprint density at radius 3 is 2.79 bits per heavy atom. The highest BCUT2D eigenvalue weighted by molar-refractivity contribution is 4.93. The van der Waals surface area contributed by atoms with E-state index in [9.17, 15) is 0 Å². The van der Waals surface area contributed by atoms with Crippen LogP contribution in [-0.4, -0.2) is 56.0 Å². The van der Waals surface area contributed by atoms with E-state index < -0.39 is 0 Å². The highest BCUT2D eigenvalue weighted by Gasteiger charge is 2.41. The first-order valence-electron chi connectivity index (χ1n) is 7.97. The van der Waals surface area contributed by atoms with Crippen LogP contribution in [0.2, 0.25) is 0 Å². The number of piperidine rings is 1. The summed E-state index contributed by atoms with van der Waals surface area (Å²) in [4.78, 5) is 2.70. The third-order valence-electron chi connectivity index (χ3n) is 5.27. The van der Waals surface area contributed by atoms with Crippen LogP contribution in [-0.2, 0) is 9.47 Å². The van der Waals surface area contributed by atoms with Crippen molar-refractivity contribution < 1.29 is 9.47 Å². The smallest absolute Gasteiger partial charge is 0.0741 e. The Balaban J connectivity index is 1.61. The molecule has 0 aromatic carbocycles. The molecule has 0 aliphatic carbocycles. The Bertz CT molecular complexity index is 286. The molecule has 3 heterocycles. The van der Waals surface area contributed by atoms with Crippen LogP contribution in [0.1, 0.15) is 38.5 Å². The van der Waals surface area contributed by atoms with Gasteiger partial charge in [-0.3, -0.25) is 4.90 Å². The number of nitrogens with two attached hydrogens (primary N) is 1. The van der Waals surface area contributed by atoms with Crippen LogP contribution in [0, 0.1) is 5.92 Å². The summed E-state index contributed by atoms with van der Waals surface area (Å²) in [5.74, 6) is 0.710. The molecule has 0 amide bonds. The van der Waals surface area contributed by atoms with Crippen LogP contribution in [0.15, 0.2) is 0 Å². The fourth-order valence-corrected chi connectivity index (χ4v) is 4.03. The first-order chi connectivity index (χ1) is 9.31. The standard InChI is InChI=1S/C15H28N2O2/c16-11-13-2-1-6-17(12-13)14-3-7-19-15(10-14)4-8-18-9-5-15/h13-14H,1-12,16H2. The van der Waals surface area contributed by atoms with Crippen LogP contribution in [0.5, 0.6) is 0 Å². The van der Waals surface area contributed by atoms with Crippen molar-refractivity contribution >= 4 is 0 Å². The van der Waals surface area contributed by atoms with Crippen LogP contribution in [0.4, 0.5) is 0 Å². The van der Waals surface area contributed by atoms with Crippen molar-refractivity contribution in [3.8, 4) is 0 Å². The molecule has 0 bridgehead atoms. The van der Waals surface area contributed by atoms with Gasteiger partial charge in [-0.15, -0.1) is 0 Å². The van der Waals surface area contributed by atoms with Gasteiger partial charge in [-0.05, 0) is 57.5 Å². The second-order valence-corrected chi connectivity index (χ2v) is 6.53. The van der Waals surface area contributed by atoms with E-state index in [-0.39, 0.29) is 5.60 Å². The highest BCUT2D eigenvalue weighted by Crippen LogP contribution is 2.37. The van der Waals surface area contributed by atoms with Gasteiger partial charge in [-0.2, -0.15) is 0 Å². The molecule has 3 aliphatic rings. The molecule has 2 unspecified atom stereocenters. The molecular formula is C15H28N2O2. The first-order valence-corrected chi connectivity index (χ1v) is 7.97. The average molecular weight is 268 g/mol. The Kier molecular flexibility index (Phi) is 4.42. The molecule has 4 heteroatoms. The SMILES string of the molecule is NCC1CCCN(C2CCOC3(CCOCC3)C2)C1. The van der Waals surface area contributed by atoms with Crippen molar-refractivity contribution in [1.82, 2.24) is 4.90 Å². The average Bonchev–Trinajstić information content (AvgIpc) is 2.48. The van der Waals surface area contributed by atoms with Crippen molar-refractivity contribution in [2.45, 2.75) is 50.2 Å². The van der Waals surface area contributed by atoms with E-state index in [1.54, 1.807) is 0 Å². The molecule has 3 saturated heterocycles. The number of hydrogen-bond acceptors (Lipinski definition) is 4. The number of hydrogen-bond donors (Lipinski definition) is 1. The summed E-state index contributed by atoms with van der Waals surface area (Å²) in [6.07, 6.45) is 7.19. The van der Waals surface area contributed by atoms with E-state index in [0.29, 0.717) is 12.0 Å². The van der Waals surface area contributed by atoms with Gasteiger partial charge in [0.15, 0.2) is 0 Å². The second-order valence-electron chi connectivity index (χ2n) is 6.53. The van der Waals surface area contributed by atoms with Gasteiger partial charge in [0.05, 0.1) is 5.60 Å². The van der Waals surface area contributed by atoms with E-state index in [1.807, 2.05) is 0 Å². The molecule has 0 aromatic heterocycles. The van der Waals surface area contributed by atoms with Gasteiger partial charge in [0.1, 0.15) is 0 Å². The number of ether oxygens (including phenoxy) is 2. The molecule has 110 valence electrons. The van der Waals surface area contributed by atoms with Gasteiger partial charge < -0.3 is 15.2 Å². The van der Waals surface area contributed by atoms with E-state index >= 15 is 0 Å². The topological polar surface area (TPSA) is 47.7 Å². The normalized spacial score (nSPS) is 36.5. The van der Waals surface area contributed by atoms with E-state index in [0.717, 1.165) is 39.2 Å². The third-order valence-corrected chi connectivity index (χ3v) is 5.27. The van der Waals surface area contributed by atoms with Crippen LogP contribution in [0.3, 0.4) is 0 Å². The maximum absolute atomic E-state index is 6.15. The van der Waals surface area contributed by atoms with Gasteiger partial charge in [-0.1, -0.05) is 0 Å². The lowest BCUT2D eigenvalue weighted by Crippen LogP contribution is -2.53. The van der Waals surface area contributed by atoms with Gasteiger partial charge in [-0.25, -0.2) is 0 Å². The Morgan fingerprint density at radius 1 is 1.16 bits per heavy atom. The summed E-state index contributed by atoms with van der Waals surface area (Å²) in [7, 11) is 0. The van der Waals surface area contributed by atoms with Crippen molar-refractivity contribution in [2.24, 2.45) is 11.7 Å². The van der Waals surface area contributed by atoms with Gasteiger partial charge >= 0.3 is 0 Å². The highest BCUT2D eigenvalue weighted by atomic mass is 16.5. The minimum Gasteiger partial charge on any atom is -0.381 e. The molecule has 0 saturated carbocycles. The largest absolute Gasteiger partial charge is 0.381 e. The monoisotopic (exact) mass is 268 g/mol. The van der Waals surface area contributed by atoms with E-state index in [2.05, 4.69) is 4.90 Å². The summed E-state index contributed by atoms with van der Waals surface area (Å²) in [6, 6.07) is 0.709. The quantitative estimate of drug-likeness (QED) is 0.822. The van der Waals surface area contributed by atoms with Gasteiger partial charge in [0.25, 0.3) is 0 Å². The lowest BCUT2D eigenvalue weighted by atomic mass is 9.82. The molecule has 0 radical (unpaired) electrons. The predicted octanol–water partition coefficient (Wildman–Crippen LogP) is 1.39. The fourth-order valence-electron chi connectivity index (χ4n) is 4.03. The Hall–Kier alpha value is -0.160. The zero-order chi connectivity index (χ0) is 13.1. The van der Waals surface area contributed by atoms with Crippen LogP contribution >= 0.6 is 0 Å². The predicted molar refractivity (Wildman–Crippen MR) is 75.1 cm³/mol. The van der Waals surface area contributed by atoms with Crippen LogP contribution < -0.4 is 5.73 Å². The zero-order valence-corrected chi connectivity index (χ0v) is 12.0. The Morgan fingerprint density at radius 2 is 2.00 bits per heavy atom. The third kappa shape index (κ3) is 3.13. The molecule has 3 aliphatic heterocycles. The minimum absolute atomic E-state index is 0.122. The zero-order valence-electron chi connectivity index (χ0n) is 12.0. The lowest BCUT2D eigenvalue weighted by Gasteiger charge is -2.48. The van der Waals surface area contributed by atoms with Crippen molar-refractivity contribution in [2.75, 3.05) is 39.5 Å². The first kappa shape index (κ1) is 13.8. The number of rotatable bonds is 2. The summed E-state index contributed by atoms with van der Waals surface area (Å²) >= 11 is 0. The molecule has 3 fully saturated rings. The summed E-state index contributed by atoms with van der Waals surface area (Å²) in [5, 5.41) is 0. The second kappa shape index (κ2) is 6.08. The van der Waals surface area contributed by atoms with Crippen molar-refractivity contribution in [3.05, 3.63) is 0 Å². The maximum atomic E-state index is 6.15. The van der Waals surface area contributed by atoms with Crippen molar-refractivity contribution in [1.29, 1.82) is 0 Å². The molecule has 1 spiro atoms. The summed E-state index contributed by atoms with van der Waals surface area (Å²) in [6.45, 7) is 5.98. The minimum atomic E-state index is 0.122. The van der Waals surface area contributed by atoms with Crippen molar-refractivity contribution in [3.63, 3.8) is 0 Å². The maximum Gasteiger partial charge on any atom is 0.0741 e. The molecule has 0 aromatic rings. The fraction of sp³-hybridized carbons (Fsp3) is 1.00. The number of likely N-dealkylation sites (tertiary alicyclic amines) is 1. The number of nitrogens with zero attached hydrogens (tertiary/aromatic N) is 1. The molecule has 4 nitrogen and oxygen atoms in total. The Labute approximate surface area is 116 Å². The van der Waals surface area contributed by atoms with E-state index in [1.165, 1.54) is 38.8 Å². The van der Waals surface area contributed by atoms with Gasteiger partial charge in [0, 0.05) is 32.4 Å². The molecular weight excluding hydrogens is 240 g/mol. The molecule has 2 N–H and O–H groups in total. The molecule has 3 rings (SSSR count). The van der Waals surface area contributed by atoms with E-state index in [4.69, 9.17) is 15.2 Å². The van der Waals surface area contributed by atoms with Crippen LogP contribution in [0.25, 0.3) is 0 Å².